The van der Waals surface area contributed by atoms with E-state index in [-0.39, 0.29) is 10.5 Å². The first kappa shape index (κ1) is 16.6. The Hall–Kier alpha value is -1.77. The van der Waals surface area contributed by atoms with Gasteiger partial charge in [-0.15, -0.1) is 4.83 Å². The van der Waals surface area contributed by atoms with Crippen LogP contribution in [0.25, 0.3) is 0 Å². The van der Waals surface area contributed by atoms with E-state index in [4.69, 9.17) is 0 Å². The Bertz CT molecular complexity index is 825. The molecular weight excluding hydrogens is 375 g/mol. The lowest BCUT2D eigenvalue weighted by molar-refractivity contribution is 0.0941. The summed E-state index contributed by atoms with van der Waals surface area (Å²) in [5.41, 5.74) is 2.46. The minimum Gasteiger partial charge on any atom is -0.273 e. The normalized spacial score (nSPS) is 11.2. The van der Waals surface area contributed by atoms with Gasteiger partial charge < -0.3 is 0 Å². The van der Waals surface area contributed by atoms with Gasteiger partial charge in [0.2, 0.25) is 0 Å². The van der Waals surface area contributed by atoms with Gasteiger partial charge in [0, 0.05) is 4.47 Å². The molecule has 2 rings (SSSR count). The van der Waals surface area contributed by atoms with Crippen molar-refractivity contribution in [3.63, 3.8) is 0 Å². The van der Waals surface area contributed by atoms with Gasteiger partial charge in [0.25, 0.3) is 15.9 Å². The maximum Gasteiger partial charge on any atom is 0.269 e. The van der Waals surface area contributed by atoms with Crippen molar-refractivity contribution < 1.29 is 17.6 Å². The number of amides is 1. The maximum atomic E-state index is 13.4. The molecule has 0 saturated heterocycles. The van der Waals surface area contributed by atoms with Crippen molar-refractivity contribution in [3.05, 3.63) is 63.9 Å². The van der Waals surface area contributed by atoms with Crippen LogP contribution in [0.4, 0.5) is 4.39 Å². The van der Waals surface area contributed by atoms with Crippen molar-refractivity contribution in [1.82, 2.24) is 10.3 Å². The molecular formula is C14H12BrFN2O3S. The summed E-state index contributed by atoms with van der Waals surface area (Å²) in [6.45, 7) is 1.74. The van der Waals surface area contributed by atoms with E-state index in [0.29, 0.717) is 0 Å². The number of carbonyl (C=O) groups excluding carboxylic acids is 1. The molecule has 0 atom stereocenters. The van der Waals surface area contributed by atoms with E-state index in [1.807, 2.05) is 10.3 Å². The molecule has 0 unspecified atom stereocenters. The van der Waals surface area contributed by atoms with Gasteiger partial charge in [-0.3, -0.25) is 10.2 Å². The van der Waals surface area contributed by atoms with Gasteiger partial charge in [-0.25, -0.2) is 12.8 Å². The molecule has 0 aliphatic carbocycles. The highest BCUT2D eigenvalue weighted by molar-refractivity contribution is 9.10. The van der Waals surface area contributed by atoms with Gasteiger partial charge in [0.05, 0.1) is 10.5 Å². The Morgan fingerprint density at radius 3 is 2.50 bits per heavy atom. The summed E-state index contributed by atoms with van der Waals surface area (Å²) >= 11 is 3.27. The highest BCUT2D eigenvalue weighted by Gasteiger charge is 2.17. The average molecular weight is 387 g/mol. The zero-order chi connectivity index (χ0) is 16.3. The number of hydrogen-bond donors (Lipinski definition) is 2. The largest absolute Gasteiger partial charge is 0.273 e. The molecule has 0 heterocycles. The van der Waals surface area contributed by atoms with Crippen molar-refractivity contribution in [1.29, 1.82) is 0 Å². The van der Waals surface area contributed by atoms with Crippen LogP contribution in [0.2, 0.25) is 0 Å². The molecule has 2 aromatic rings. The molecule has 0 aliphatic rings. The van der Waals surface area contributed by atoms with Crippen LogP contribution in [-0.4, -0.2) is 14.3 Å². The molecule has 2 aromatic carbocycles. The molecule has 2 N–H and O–H groups in total. The molecule has 0 fully saturated rings. The lowest BCUT2D eigenvalue weighted by Crippen LogP contribution is -2.41. The van der Waals surface area contributed by atoms with Gasteiger partial charge in [0.15, 0.2) is 0 Å². The van der Waals surface area contributed by atoms with Gasteiger partial charge in [-0.1, -0.05) is 28.1 Å². The van der Waals surface area contributed by atoms with Crippen molar-refractivity contribution >= 4 is 31.9 Å². The molecule has 1 amide bonds. The third-order valence-electron chi connectivity index (χ3n) is 2.86. The quantitative estimate of drug-likeness (QED) is 0.792. The fourth-order valence-electron chi connectivity index (χ4n) is 1.67. The lowest BCUT2D eigenvalue weighted by Gasteiger charge is -2.10. The highest BCUT2D eigenvalue weighted by atomic mass is 79.9. The molecule has 0 aliphatic heterocycles. The molecule has 0 spiro atoms. The Kier molecular flexibility index (Phi) is 4.94. The molecule has 0 saturated carbocycles. The van der Waals surface area contributed by atoms with Crippen molar-refractivity contribution in [2.24, 2.45) is 0 Å². The van der Waals surface area contributed by atoms with Crippen LogP contribution in [0.1, 0.15) is 15.9 Å². The second-order valence-electron chi connectivity index (χ2n) is 4.45. The Labute approximate surface area is 135 Å². The van der Waals surface area contributed by atoms with E-state index in [1.54, 1.807) is 13.0 Å². The van der Waals surface area contributed by atoms with E-state index in [0.717, 1.165) is 16.1 Å². The summed E-state index contributed by atoms with van der Waals surface area (Å²) in [6.07, 6.45) is 0. The second kappa shape index (κ2) is 6.55. The summed E-state index contributed by atoms with van der Waals surface area (Å²) < 4.78 is 38.4. The van der Waals surface area contributed by atoms with Crippen molar-refractivity contribution in [2.45, 2.75) is 11.8 Å². The number of rotatable bonds is 4. The zero-order valence-corrected chi connectivity index (χ0v) is 13.8. The van der Waals surface area contributed by atoms with Crippen LogP contribution in [0, 0.1) is 12.7 Å². The van der Waals surface area contributed by atoms with Crippen LogP contribution >= 0.6 is 15.9 Å². The van der Waals surface area contributed by atoms with E-state index >= 15 is 0 Å². The highest BCUT2D eigenvalue weighted by Crippen LogP contribution is 2.19. The minimum absolute atomic E-state index is 0.0120. The summed E-state index contributed by atoms with van der Waals surface area (Å²) in [4.78, 5) is 13.7. The van der Waals surface area contributed by atoms with Crippen LogP contribution in [0.3, 0.4) is 0 Å². The topological polar surface area (TPSA) is 75.3 Å². The minimum atomic E-state index is -3.94. The zero-order valence-electron chi connectivity index (χ0n) is 11.4. The first-order chi connectivity index (χ1) is 10.3. The SMILES string of the molecule is Cc1cc(S(=O)(=O)NNC(=O)c2ccccc2F)ccc1Br. The second-order valence-corrected chi connectivity index (χ2v) is 6.99. The summed E-state index contributed by atoms with van der Waals surface area (Å²) in [5.74, 6) is -1.62. The van der Waals surface area contributed by atoms with Crippen LogP contribution in [0.15, 0.2) is 51.8 Å². The van der Waals surface area contributed by atoms with Crippen LogP contribution in [-0.2, 0) is 10.0 Å². The lowest BCUT2D eigenvalue weighted by atomic mass is 10.2. The summed E-state index contributed by atoms with van der Waals surface area (Å²) in [6, 6.07) is 9.69. The van der Waals surface area contributed by atoms with Gasteiger partial charge in [-0.05, 0) is 42.8 Å². The fraction of sp³-hybridized carbons (Fsp3) is 0.0714. The number of aryl methyl sites for hydroxylation is 1. The predicted molar refractivity (Wildman–Crippen MR) is 83.1 cm³/mol. The predicted octanol–water partition coefficient (Wildman–Crippen LogP) is 2.52. The molecule has 0 radical (unpaired) electrons. The van der Waals surface area contributed by atoms with E-state index < -0.39 is 21.7 Å². The van der Waals surface area contributed by atoms with Gasteiger partial charge in [0.1, 0.15) is 5.82 Å². The number of sulfonamides is 1. The van der Waals surface area contributed by atoms with E-state index in [2.05, 4.69) is 15.9 Å². The standard InChI is InChI=1S/C14H12BrFN2O3S/c1-9-8-10(6-7-12(9)15)22(20,21)18-17-14(19)11-4-2-3-5-13(11)16/h2-8,18H,1H3,(H,17,19). The van der Waals surface area contributed by atoms with Crippen LogP contribution in [0.5, 0.6) is 0 Å². The van der Waals surface area contributed by atoms with Gasteiger partial charge in [-0.2, -0.15) is 0 Å². The fourth-order valence-corrected chi connectivity index (χ4v) is 2.84. The monoisotopic (exact) mass is 386 g/mol. The Morgan fingerprint density at radius 1 is 1.18 bits per heavy atom. The Morgan fingerprint density at radius 2 is 1.86 bits per heavy atom. The van der Waals surface area contributed by atoms with Crippen molar-refractivity contribution in [3.8, 4) is 0 Å². The number of hydrogen-bond acceptors (Lipinski definition) is 3. The van der Waals surface area contributed by atoms with E-state index in [9.17, 15) is 17.6 Å². The van der Waals surface area contributed by atoms with Gasteiger partial charge >= 0.3 is 0 Å². The van der Waals surface area contributed by atoms with Crippen molar-refractivity contribution in [2.75, 3.05) is 0 Å². The maximum absolute atomic E-state index is 13.4. The first-order valence-corrected chi connectivity index (χ1v) is 8.42. The first-order valence-electron chi connectivity index (χ1n) is 6.14. The third-order valence-corrected chi connectivity index (χ3v) is 4.99. The number of nitrogens with one attached hydrogen (secondary N) is 2. The molecule has 116 valence electrons. The number of carbonyl (C=O) groups is 1. The third kappa shape index (κ3) is 3.70. The summed E-state index contributed by atoms with van der Waals surface area (Å²) in [5, 5.41) is 0. The molecule has 0 bridgehead atoms. The summed E-state index contributed by atoms with van der Waals surface area (Å²) in [7, 11) is -3.94. The average Bonchev–Trinajstić information content (AvgIpc) is 2.48. The smallest absolute Gasteiger partial charge is 0.269 e. The van der Waals surface area contributed by atoms with E-state index in [1.165, 1.54) is 30.3 Å². The number of halogens is 2. The molecule has 5 nitrogen and oxygen atoms in total. The Balaban J connectivity index is 2.14. The number of hydrazine groups is 1. The molecule has 0 aromatic heterocycles. The number of benzene rings is 2. The molecule has 8 heteroatoms. The molecule has 22 heavy (non-hydrogen) atoms. The van der Waals surface area contributed by atoms with Crippen LogP contribution < -0.4 is 10.3 Å².